The van der Waals surface area contributed by atoms with Crippen molar-refractivity contribution in [3.63, 3.8) is 0 Å². The Kier molecular flexibility index (Phi) is 6.00. The SMILES string of the molecule is CCN(CC(=O)O)C1CCN(C(=O)c2cc(-c3ccccc3)ns2)CC1. The zero-order valence-electron chi connectivity index (χ0n) is 14.8. The number of amides is 1. The Morgan fingerprint density at radius 3 is 2.58 bits per heavy atom. The Morgan fingerprint density at radius 1 is 1.27 bits per heavy atom. The van der Waals surface area contributed by atoms with Crippen LogP contribution in [0.2, 0.25) is 0 Å². The molecule has 0 radical (unpaired) electrons. The molecule has 1 N–H and O–H groups in total. The molecule has 1 aliphatic rings. The van der Waals surface area contributed by atoms with E-state index in [2.05, 4.69) is 4.37 Å². The number of aliphatic carboxylic acids is 1. The van der Waals surface area contributed by atoms with Gasteiger partial charge < -0.3 is 10.0 Å². The molecule has 2 heterocycles. The Morgan fingerprint density at radius 2 is 1.96 bits per heavy atom. The third-order valence-electron chi connectivity index (χ3n) is 4.80. The molecule has 138 valence electrons. The first-order valence-electron chi connectivity index (χ1n) is 8.85. The molecule has 3 rings (SSSR count). The van der Waals surface area contributed by atoms with Gasteiger partial charge in [-0.15, -0.1) is 0 Å². The van der Waals surface area contributed by atoms with Crippen LogP contribution >= 0.6 is 11.5 Å². The number of nitrogens with zero attached hydrogens (tertiary/aromatic N) is 3. The van der Waals surface area contributed by atoms with Gasteiger partial charge in [-0.25, -0.2) is 0 Å². The molecule has 1 saturated heterocycles. The third kappa shape index (κ3) is 4.28. The van der Waals surface area contributed by atoms with Gasteiger partial charge in [0.15, 0.2) is 0 Å². The highest BCUT2D eigenvalue weighted by molar-refractivity contribution is 7.08. The summed E-state index contributed by atoms with van der Waals surface area (Å²) in [6.07, 6.45) is 1.61. The lowest BCUT2D eigenvalue weighted by atomic mass is 10.0. The Hall–Kier alpha value is -2.25. The minimum Gasteiger partial charge on any atom is -0.480 e. The van der Waals surface area contributed by atoms with Crippen LogP contribution in [-0.4, -0.2) is 63.4 Å². The highest BCUT2D eigenvalue weighted by atomic mass is 32.1. The lowest BCUT2D eigenvalue weighted by Gasteiger charge is -2.37. The van der Waals surface area contributed by atoms with E-state index in [4.69, 9.17) is 5.11 Å². The minimum atomic E-state index is -0.802. The molecule has 0 saturated carbocycles. The standard InChI is InChI=1S/C19H23N3O3S/c1-2-21(13-18(23)24)15-8-10-22(11-9-15)19(25)17-12-16(20-26-17)14-6-4-3-5-7-14/h3-7,12,15H,2,8-11,13H2,1H3,(H,23,24). The van der Waals surface area contributed by atoms with Crippen molar-refractivity contribution in [2.24, 2.45) is 0 Å². The zero-order valence-corrected chi connectivity index (χ0v) is 15.6. The normalized spacial score (nSPS) is 15.4. The monoisotopic (exact) mass is 373 g/mol. The first-order valence-corrected chi connectivity index (χ1v) is 9.63. The predicted octanol–water partition coefficient (Wildman–Crippen LogP) is 2.82. The van der Waals surface area contributed by atoms with E-state index in [1.54, 1.807) is 0 Å². The van der Waals surface area contributed by atoms with Gasteiger partial charge in [-0.1, -0.05) is 37.3 Å². The van der Waals surface area contributed by atoms with Crippen LogP contribution in [0.25, 0.3) is 11.3 Å². The van der Waals surface area contributed by atoms with Crippen LogP contribution in [0.1, 0.15) is 29.4 Å². The van der Waals surface area contributed by atoms with E-state index < -0.39 is 5.97 Å². The molecule has 0 atom stereocenters. The number of likely N-dealkylation sites (tertiary alicyclic amines) is 1. The van der Waals surface area contributed by atoms with E-state index in [-0.39, 0.29) is 18.5 Å². The topological polar surface area (TPSA) is 73.7 Å². The molecule has 1 aliphatic heterocycles. The van der Waals surface area contributed by atoms with Gasteiger partial charge in [0.05, 0.1) is 12.2 Å². The van der Waals surface area contributed by atoms with Gasteiger partial charge in [0.25, 0.3) is 5.91 Å². The second-order valence-electron chi connectivity index (χ2n) is 6.42. The Balaban J connectivity index is 1.60. The molecule has 0 aliphatic carbocycles. The van der Waals surface area contributed by atoms with Gasteiger partial charge >= 0.3 is 5.97 Å². The summed E-state index contributed by atoms with van der Waals surface area (Å²) >= 11 is 1.24. The fourth-order valence-electron chi connectivity index (χ4n) is 3.38. The molecule has 1 amide bonds. The lowest BCUT2D eigenvalue weighted by Crippen LogP contribution is -2.48. The van der Waals surface area contributed by atoms with Gasteiger partial charge in [-0.2, -0.15) is 4.37 Å². The van der Waals surface area contributed by atoms with Crippen molar-refractivity contribution in [2.45, 2.75) is 25.8 Å². The molecular formula is C19H23N3O3S. The molecule has 7 heteroatoms. The van der Waals surface area contributed by atoms with Gasteiger partial charge in [0.1, 0.15) is 4.88 Å². The lowest BCUT2D eigenvalue weighted by molar-refractivity contribution is -0.139. The fraction of sp³-hybridized carbons (Fsp3) is 0.421. The fourth-order valence-corrected chi connectivity index (χ4v) is 4.11. The predicted molar refractivity (Wildman–Crippen MR) is 101 cm³/mol. The quantitative estimate of drug-likeness (QED) is 0.843. The molecule has 1 fully saturated rings. The van der Waals surface area contributed by atoms with Crippen molar-refractivity contribution in [3.05, 3.63) is 41.3 Å². The number of hydrogen-bond donors (Lipinski definition) is 1. The average molecular weight is 373 g/mol. The summed E-state index contributed by atoms with van der Waals surface area (Å²) in [4.78, 5) is 28.2. The number of carbonyl (C=O) groups excluding carboxylic acids is 1. The molecule has 6 nitrogen and oxygen atoms in total. The summed E-state index contributed by atoms with van der Waals surface area (Å²) in [5.74, 6) is -0.784. The van der Waals surface area contributed by atoms with Crippen LogP contribution in [0.4, 0.5) is 0 Å². The summed E-state index contributed by atoms with van der Waals surface area (Å²) in [5, 5.41) is 9.02. The summed E-state index contributed by atoms with van der Waals surface area (Å²) in [6, 6.07) is 11.9. The van der Waals surface area contributed by atoms with Gasteiger partial charge in [-0.05, 0) is 37.0 Å². The number of carboxylic acid groups (broad SMARTS) is 1. The molecule has 0 bridgehead atoms. The minimum absolute atomic E-state index is 0.0180. The molecule has 2 aromatic rings. The number of aromatic nitrogens is 1. The first-order chi connectivity index (χ1) is 12.6. The van der Waals surface area contributed by atoms with Gasteiger partial charge in [-0.3, -0.25) is 14.5 Å². The number of carbonyl (C=O) groups is 2. The van der Waals surface area contributed by atoms with E-state index in [1.807, 2.05) is 53.1 Å². The van der Waals surface area contributed by atoms with Crippen LogP contribution in [0.15, 0.2) is 36.4 Å². The van der Waals surface area contributed by atoms with Crippen LogP contribution in [-0.2, 0) is 4.79 Å². The molecule has 26 heavy (non-hydrogen) atoms. The number of piperidine rings is 1. The second-order valence-corrected chi connectivity index (χ2v) is 7.23. The van der Waals surface area contributed by atoms with Crippen molar-refractivity contribution in [1.82, 2.24) is 14.2 Å². The van der Waals surface area contributed by atoms with E-state index in [1.165, 1.54) is 11.5 Å². The van der Waals surface area contributed by atoms with Crippen molar-refractivity contribution in [2.75, 3.05) is 26.2 Å². The zero-order chi connectivity index (χ0) is 18.5. The average Bonchev–Trinajstić information content (AvgIpc) is 3.16. The Labute approximate surface area is 157 Å². The maximum atomic E-state index is 12.8. The molecule has 1 aromatic heterocycles. The molecule has 1 aromatic carbocycles. The number of hydrogen-bond acceptors (Lipinski definition) is 5. The summed E-state index contributed by atoms with van der Waals surface area (Å²) in [5.41, 5.74) is 1.83. The van der Waals surface area contributed by atoms with Crippen molar-refractivity contribution >= 4 is 23.4 Å². The maximum absolute atomic E-state index is 12.8. The third-order valence-corrected chi connectivity index (χ3v) is 5.58. The number of rotatable bonds is 6. The van der Waals surface area contributed by atoms with Crippen LogP contribution < -0.4 is 0 Å². The van der Waals surface area contributed by atoms with E-state index in [0.29, 0.717) is 24.5 Å². The second kappa shape index (κ2) is 8.42. The molecule has 0 spiro atoms. The number of carboxylic acids is 1. The highest BCUT2D eigenvalue weighted by Gasteiger charge is 2.28. The number of benzene rings is 1. The van der Waals surface area contributed by atoms with Gasteiger partial charge in [0, 0.05) is 24.7 Å². The smallest absolute Gasteiger partial charge is 0.317 e. The largest absolute Gasteiger partial charge is 0.480 e. The molecule has 0 unspecified atom stereocenters. The summed E-state index contributed by atoms with van der Waals surface area (Å²) in [6.45, 7) is 4.05. The van der Waals surface area contributed by atoms with Crippen molar-refractivity contribution in [3.8, 4) is 11.3 Å². The van der Waals surface area contributed by atoms with Crippen LogP contribution in [0, 0.1) is 0 Å². The highest BCUT2D eigenvalue weighted by Crippen LogP contribution is 2.24. The Bertz CT molecular complexity index is 754. The van der Waals surface area contributed by atoms with Crippen molar-refractivity contribution in [1.29, 1.82) is 0 Å². The van der Waals surface area contributed by atoms with Gasteiger partial charge in [0.2, 0.25) is 0 Å². The summed E-state index contributed by atoms with van der Waals surface area (Å²) < 4.78 is 4.41. The van der Waals surface area contributed by atoms with Crippen LogP contribution in [0.3, 0.4) is 0 Å². The molecular weight excluding hydrogens is 350 g/mol. The van der Waals surface area contributed by atoms with E-state index in [9.17, 15) is 9.59 Å². The van der Waals surface area contributed by atoms with E-state index in [0.717, 1.165) is 24.1 Å². The maximum Gasteiger partial charge on any atom is 0.317 e. The summed E-state index contributed by atoms with van der Waals surface area (Å²) in [7, 11) is 0. The van der Waals surface area contributed by atoms with Crippen molar-refractivity contribution < 1.29 is 14.7 Å². The van der Waals surface area contributed by atoms with Crippen LogP contribution in [0.5, 0.6) is 0 Å². The number of likely N-dealkylation sites (N-methyl/N-ethyl adjacent to an activating group) is 1. The van der Waals surface area contributed by atoms with E-state index >= 15 is 0 Å². The first kappa shape index (κ1) is 18.5.